The van der Waals surface area contributed by atoms with E-state index in [1.165, 1.54) is 6.07 Å². The number of hydrogen-bond acceptors (Lipinski definition) is 7. The summed E-state index contributed by atoms with van der Waals surface area (Å²) in [6.45, 7) is 4.32. The molecule has 5 rings (SSSR count). The van der Waals surface area contributed by atoms with Crippen molar-refractivity contribution in [3.8, 4) is 5.75 Å². The second-order valence-corrected chi connectivity index (χ2v) is 12.3. The van der Waals surface area contributed by atoms with Crippen LogP contribution in [0, 0.1) is 6.92 Å². The van der Waals surface area contributed by atoms with Crippen LogP contribution in [0.15, 0.2) is 41.4 Å². The number of ether oxygens (including phenoxy) is 1. The lowest BCUT2D eigenvalue weighted by Crippen LogP contribution is -2.60. The van der Waals surface area contributed by atoms with E-state index in [0.29, 0.717) is 63.2 Å². The van der Waals surface area contributed by atoms with E-state index in [-0.39, 0.29) is 10.9 Å². The number of alkyl halides is 1. The Morgan fingerprint density at radius 3 is 2.50 bits per heavy atom. The molecule has 2 heterocycles. The highest BCUT2D eigenvalue weighted by atomic mass is 32.2. The molecule has 3 aliphatic rings. The van der Waals surface area contributed by atoms with Gasteiger partial charge in [0, 0.05) is 25.9 Å². The van der Waals surface area contributed by atoms with Crippen molar-refractivity contribution in [2.75, 3.05) is 18.0 Å². The number of rotatable bonds is 7. The number of aryl methyl sites for hydroxylation is 1. The van der Waals surface area contributed by atoms with Crippen LogP contribution < -0.4 is 14.4 Å². The molecule has 2 N–H and O–H groups in total. The number of sulfonamides is 1. The third-order valence-electron chi connectivity index (χ3n) is 7.29. The van der Waals surface area contributed by atoms with Crippen molar-refractivity contribution in [1.29, 1.82) is 0 Å². The topological polar surface area (TPSA) is 109 Å². The van der Waals surface area contributed by atoms with E-state index in [9.17, 15) is 22.7 Å². The Bertz CT molecular complexity index is 1260. The summed E-state index contributed by atoms with van der Waals surface area (Å²) in [5.41, 5.74) is -0.196. The molecule has 3 fully saturated rings. The molecule has 0 spiro atoms. The van der Waals surface area contributed by atoms with Crippen molar-refractivity contribution in [3.63, 3.8) is 0 Å². The Hall–Kier alpha value is -2.72. The van der Waals surface area contributed by atoms with Gasteiger partial charge in [0.05, 0.1) is 5.60 Å². The number of anilines is 1. The number of aromatic nitrogens is 1. The summed E-state index contributed by atoms with van der Waals surface area (Å²) in [5, 5.41) is 9.70. The van der Waals surface area contributed by atoms with Crippen LogP contribution in [0.4, 0.5) is 10.2 Å². The predicted octanol–water partition coefficient (Wildman–Crippen LogP) is 3.37. The molecule has 1 saturated heterocycles. The summed E-state index contributed by atoms with van der Waals surface area (Å²) in [7, 11) is -4.23. The fourth-order valence-corrected chi connectivity index (χ4v) is 6.07. The molecule has 1 aromatic carbocycles. The third kappa shape index (κ3) is 5.06. The number of β-amino-alcohol motifs (C(OH)–C–C–N with tert-alkyl or cyclic N) is 1. The Morgan fingerprint density at radius 2 is 1.86 bits per heavy atom. The van der Waals surface area contributed by atoms with Crippen LogP contribution in [0.3, 0.4) is 0 Å². The molecule has 194 valence electrons. The molecule has 1 amide bonds. The zero-order valence-electron chi connectivity index (χ0n) is 20.5. The fraction of sp³-hybridized carbons (Fsp3) is 0.538. The van der Waals surface area contributed by atoms with Crippen molar-refractivity contribution in [2.45, 2.75) is 80.7 Å². The average Bonchev–Trinajstić information content (AvgIpc) is 3.59. The number of pyridine rings is 1. The van der Waals surface area contributed by atoms with Crippen LogP contribution in [-0.2, 0) is 14.8 Å². The van der Waals surface area contributed by atoms with Gasteiger partial charge in [0.2, 0.25) is 0 Å². The first kappa shape index (κ1) is 25.0. The Kier molecular flexibility index (Phi) is 6.23. The molecule has 36 heavy (non-hydrogen) atoms. The van der Waals surface area contributed by atoms with Crippen LogP contribution in [-0.4, -0.2) is 54.9 Å². The maximum Gasteiger partial charge on any atom is 0.281 e. The molecular weight excluding hydrogens is 485 g/mol. The molecule has 0 unspecified atom stereocenters. The molecule has 10 heteroatoms. The minimum atomic E-state index is -4.23. The first-order valence-electron chi connectivity index (χ1n) is 12.4. The second kappa shape index (κ2) is 8.99. The van der Waals surface area contributed by atoms with Crippen molar-refractivity contribution in [1.82, 2.24) is 9.71 Å². The maximum absolute atomic E-state index is 13.7. The van der Waals surface area contributed by atoms with Gasteiger partial charge in [0.25, 0.3) is 15.9 Å². The zero-order chi connectivity index (χ0) is 25.7. The van der Waals surface area contributed by atoms with Gasteiger partial charge >= 0.3 is 0 Å². The molecule has 8 nitrogen and oxygen atoms in total. The molecule has 0 radical (unpaired) electrons. The van der Waals surface area contributed by atoms with E-state index in [4.69, 9.17) is 4.74 Å². The molecule has 2 aliphatic carbocycles. The number of hydrogen-bond donors (Lipinski definition) is 2. The number of benzene rings is 1. The minimum Gasteiger partial charge on any atom is -0.477 e. The van der Waals surface area contributed by atoms with Crippen molar-refractivity contribution in [2.24, 2.45) is 0 Å². The quantitative estimate of drug-likeness (QED) is 0.580. The third-order valence-corrected chi connectivity index (χ3v) is 8.52. The highest BCUT2D eigenvalue weighted by Crippen LogP contribution is 2.45. The highest BCUT2D eigenvalue weighted by molar-refractivity contribution is 7.90. The molecule has 0 bridgehead atoms. The van der Waals surface area contributed by atoms with Gasteiger partial charge in [-0.05, 0) is 74.8 Å². The molecular formula is C26H32FN3O5S. The molecule has 0 atom stereocenters. The SMILES string of the molecule is Cc1ccc([C@H]2CC[C@H](F)CC2)c(OC2(C(=O)NS(=O)(=O)c3cccc(N4CC(C)(O)C4)n3)CC2)c1. The summed E-state index contributed by atoms with van der Waals surface area (Å²) in [5.74, 6) is 0.403. The number of nitrogens with zero attached hydrogens (tertiary/aromatic N) is 2. The van der Waals surface area contributed by atoms with Crippen LogP contribution in [0.1, 0.15) is 62.5 Å². The second-order valence-electron chi connectivity index (χ2n) is 10.7. The fourth-order valence-electron chi connectivity index (χ4n) is 5.07. The zero-order valence-corrected chi connectivity index (χ0v) is 21.4. The monoisotopic (exact) mass is 517 g/mol. The summed E-state index contributed by atoms with van der Waals surface area (Å²) < 4.78 is 48.1. The van der Waals surface area contributed by atoms with E-state index in [1.807, 2.05) is 25.1 Å². The lowest BCUT2D eigenvalue weighted by atomic mass is 9.82. The maximum atomic E-state index is 13.7. The van der Waals surface area contributed by atoms with E-state index in [1.54, 1.807) is 24.0 Å². The number of aliphatic hydroxyl groups is 1. The van der Waals surface area contributed by atoms with Crippen LogP contribution in [0.5, 0.6) is 5.75 Å². The van der Waals surface area contributed by atoms with Crippen molar-refractivity contribution >= 4 is 21.7 Å². The van der Waals surface area contributed by atoms with Crippen LogP contribution in [0.25, 0.3) is 0 Å². The number of halogens is 1. The van der Waals surface area contributed by atoms with E-state index >= 15 is 0 Å². The van der Waals surface area contributed by atoms with Gasteiger partial charge in [0.1, 0.15) is 17.7 Å². The number of carbonyl (C=O) groups is 1. The summed E-state index contributed by atoms with van der Waals surface area (Å²) in [6, 6.07) is 10.4. The van der Waals surface area contributed by atoms with Gasteiger partial charge in [-0.1, -0.05) is 18.2 Å². The van der Waals surface area contributed by atoms with Gasteiger partial charge in [-0.2, -0.15) is 8.42 Å². The van der Waals surface area contributed by atoms with Crippen LogP contribution in [0.2, 0.25) is 0 Å². The predicted molar refractivity (Wildman–Crippen MR) is 132 cm³/mol. The van der Waals surface area contributed by atoms with Gasteiger partial charge in [-0.15, -0.1) is 0 Å². The Balaban J connectivity index is 1.31. The van der Waals surface area contributed by atoms with Gasteiger partial charge in [-0.25, -0.2) is 14.1 Å². The van der Waals surface area contributed by atoms with Gasteiger partial charge in [-0.3, -0.25) is 4.79 Å². The molecule has 1 aliphatic heterocycles. The summed E-state index contributed by atoms with van der Waals surface area (Å²) in [6.07, 6.45) is 2.45. The van der Waals surface area contributed by atoms with E-state index in [0.717, 1.165) is 11.1 Å². The lowest BCUT2D eigenvalue weighted by Gasteiger charge is -2.44. The standard InChI is InChI=1S/C26H32FN3O5S/c1-17-6-11-20(18-7-9-19(27)10-8-18)21(14-17)35-26(12-13-26)24(31)29-36(33,34)23-5-3-4-22(28-23)30-15-25(2,32)16-30/h3-6,11,14,18-19,32H,7-10,12-13,15-16H2,1-2H3,(H,29,31)/t18-,19-. The van der Waals surface area contributed by atoms with Gasteiger partial charge < -0.3 is 14.7 Å². The number of carbonyl (C=O) groups excluding carboxylic acids is 1. The van der Waals surface area contributed by atoms with Crippen molar-refractivity contribution < 1.29 is 27.4 Å². The number of nitrogens with one attached hydrogen (secondary N) is 1. The summed E-state index contributed by atoms with van der Waals surface area (Å²) >= 11 is 0. The smallest absolute Gasteiger partial charge is 0.281 e. The molecule has 2 aromatic rings. The normalized spacial score (nSPS) is 24.5. The van der Waals surface area contributed by atoms with Crippen LogP contribution >= 0.6 is 0 Å². The Labute approximate surface area is 210 Å². The average molecular weight is 518 g/mol. The number of amides is 1. The van der Waals surface area contributed by atoms with E-state index in [2.05, 4.69) is 9.71 Å². The lowest BCUT2D eigenvalue weighted by molar-refractivity contribution is -0.128. The minimum absolute atomic E-state index is 0.143. The largest absolute Gasteiger partial charge is 0.477 e. The first-order valence-corrected chi connectivity index (χ1v) is 13.9. The highest BCUT2D eigenvalue weighted by Gasteiger charge is 2.54. The summed E-state index contributed by atoms with van der Waals surface area (Å²) in [4.78, 5) is 19.1. The molecule has 1 aromatic heterocycles. The first-order chi connectivity index (χ1) is 17.0. The van der Waals surface area contributed by atoms with E-state index < -0.39 is 33.3 Å². The Morgan fingerprint density at radius 1 is 1.17 bits per heavy atom. The van der Waals surface area contributed by atoms with Gasteiger partial charge in [0.15, 0.2) is 10.6 Å². The molecule has 2 saturated carbocycles. The van der Waals surface area contributed by atoms with Crippen molar-refractivity contribution in [3.05, 3.63) is 47.5 Å².